The van der Waals surface area contributed by atoms with Gasteiger partial charge in [0.1, 0.15) is 11.6 Å². The standard InChI is InChI=1S/C12H11Cl2F2N/c13-10-7-9(1-2-11(10)15)12(16)8-3-5-17(14)6-4-8/h1-2,7H,3-6H2. The maximum Gasteiger partial charge on any atom is 0.141 e. The lowest BCUT2D eigenvalue weighted by Crippen LogP contribution is -2.22. The fourth-order valence-electron chi connectivity index (χ4n) is 1.81. The first-order chi connectivity index (χ1) is 8.08. The third-order valence-corrected chi connectivity index (χ3v) is 3.42. The molecule has 0 bridgehead atoms. The second-order valence-electron chi connectivity index (χ2n) is 3.96. The molecule has 1 heterocycles. The van der Waals surface area contributed by atoms with E-state index < -0.39 is 5.82 Å². The number of nitrogens with zero attached hydrogens (tertiary/aromatic N) is 1. The van der Waals surface area contributed by atoms with Crippen LogP contribution in [-0.2, 0) is 0 Å². The van der Waals surface area contributed by atoms with E-state index in [0.717, 1.165) is 0 Å². The SMILES string of the molecule is FC(=C1CCN(Cl)CC1)c1ccc(F)c(Cl)c1. The Morgan fingerprint density at radius 1 is 1.24 bits per heavy atom. The molecule has 0 aromatic heterocycles. The summed E-state index contributed by atoms with van der Waals surface area (Å²) in [4.78, 5) is 0. The summed E-state index contributed by atoms with van der Waals surface area (Å²) in [6.07, 6.45) is 1.18. The minimum Gasteiger partial charge on any atom is -0.220 e. The van der Waals surface area contributed by atoms with Crippen LogP contribution < -0.4 is 0 Å². The molecule has 1 saturated heterocycles. The number of halogens is 4. The molecule has 1 aromatic rings. The molecule has 0 unspecified atom stereocenters. The van der Waals surface area contributed by atoms with Gasteiger partial charge in [0, 0.05) is 18.7 Å². The summed E-state index contributed by atoms with van der Waals surface area (Å²) in [7, 11) is 0. The van der Waals surface area contributed by atoms with Crippen LogP contribution in [0.3, 0.4) is 0 Å². The lowest BCUT2D eigenvalue weighted by molar-refractivity contribution is 0.417. The quantitative estimate of drug-likeness (QED) is 0.688. The predicted octanol–water partition coefficient (Wildman–Crippen LogP) is 4.41. The average Bonchev–Trinajstić information content (AvgIpc) is 2.33. The van der Waals surface area contributed by atoms with E-state index in [-0.39, 0.29) is 10.8 Å². The van der Waals surface area contributed by atoms with Crippen LogP contribution in [0.15, 0.2) is 23.8 Å². The van der Waals surface area contributed by atoms with Crippen molar-refractivity contribution in [1.82, 2.24) is 4.42 Å². The van der Waals surface area contributed by atoms with E-state index in [2.05, 4.69) is 0 Å². The van der Waals surface area contributed by atoms with Crippen LogP contribution in [0.5, 0.6) is 0 Å². The molecule has 0 aliphatic carbocycles. The van der Waals surface area contributed by atoms with Crippen molar-refractivity contribution < 1.29 is 8.78 Å². The molecule has 1 aliphatic heterocycles. The Balaban J connectivity index is 2.26. The number of rotatable bonds is 1. The van der Waals surface area contributed by atoms with Gasteiger partial charge in [-0.1, -0.05) is 11.6 Å². The summed E-state index contributed by atoms with van der Waals surface area (Å²) in [5, 5.41) is -0.0620. The average molecular weight is 278 g/mol. The fourth-order valence-corrected chi connectivity index (χ4v) is 2.16. The third kappa shape index (κ3) is 2.97. The molecule has 1 fully saturated rings. The van der Waals surface area contributed by atoms with Gasteiger partial charge in [0.2, 0.25) is 0 Å². The highest BCUT2D eigenvalue weighted by Crippen LogP contribution is 2.30. The minimum absolute atomic E-state index is 0.0620. The molecular formula is C12H11Cl2F2N. The Hall–Kier alpha value is -0.640. The zero-order valence-electron chi connectivity index (χ0n) is 9.02. The zero-order chi connectivity index (χ0) is 12.4. The fraction of sp³-hybridized carbons (Fsp3) is 0.333. The highest BCUT2D eigenvalue weighted by Gasteiger charge is 2.17. The van der Waals surface area contributed by atoms with Crippen LogP contribution in [0.25, 0.3) is 5.83 Å². The molecule has 1 aromatic carbocycles. The maximum atomic E-state index is 14.1. The van der Waals surface area contributed by atoms with Gasteiger partial charge in [-0.25, -0.2) is 13.2 Å². The molecule has 2 rings (SSSR count). The van der Waals surface area contributed by atoms with Crippen molar-refractivity contribution >= 4 is 29.2 Å². The molecule has 0 N–H and O–H groups in total. The van der Waals surface area contributed by atoms with Gasteiger partial charge in [0.05, 0.1) is 5.02 Å². The van der Waals surface area contributed by atoms with Crippen molar-refractivity contribution in [2.45, 2.75) is 12.8 Å². The minimum atomic E-state index is -0.538. The molecule has 0 spiro atoms. The normalized spacial score (nSPS) is 17.3. The van der Waals surface area contributed by atoms with E-state index in [0.29, 0.717) is 37.1 Å². The van der Waals surface area contributed by atoms with Gasteiger partial charge in [0.25, 0.3) is 0 Å². The highest BCUT2D eigenvalue weighted by atomic mass is 35.5. The Kier molecular flexibility index (Phi) is 4.02. The highest BCUT2D eigenvalue weighted by molar-refractivity contribution is 6.30. The van der Waals surface area contributed by atoms with Crippen molar-refractivity contribution in [2.75, 3.05) is 13.1 Å². The van der Waals surface area contributed by atoms with Crippen molar-refractivity contribution in [3.8, 4) is 0 Å². The van der Waals surface area contributed by atoms with E-state index in [4.69, 9.17) is 23.4 Å². The first-order valence-electron chi connectivity index (χ1n) is 5.31. The van der Waals surface area contributed by atoms with Gasteiger partial charge >= 0.3 is 0 Å². The molecule has 5 heteroatoms. The van der Waals surface area contributed by atoms with Crippen molar-refractivity contribution in [2.24, 2.45) is 0 Å². The van der Waals surface area contributed by atoms with Crippen LogP contribution in [0.1, 0.15) is 18.4 Å². The number of piperidine rings is 1. The van der Waals surface area contributed by atoms with Gasteiger partial charge in [-0.15, -0.1) is 0 Å². The van der Waals surface area contributed by atoms with E-state index >= 15 is 0 Å². The van der Waals surface area contributed by atoms with Crippen LogP contribution in [-0.4, -0.2) is 17.5 Å². The Morgan fingerprint density at radius 3 is 2.47 bits per heavy atom. The van der Waals surface area contributed by atoms with Gasteiger partial charge in [-0.2, -0.15) is 0 Å². The van der Waals surface area contributed by atoms with E-state index in [1.807, 2.05) is 0 Å². The van der Waals surface area contributed by atoms with Crippen molar-refractivity contribution in [3.63, 3.8) is 0 Å². The van der Waals surface area contributed by atoms with Crippen LogP contribution >= 0.6 is 23.4 Å². The molecule has 0 amide bonds. The first-order valence-corrected chi connectivity index (χ1v) is 6.03. The van der Waals surface area contributed by atoms with E-state index in [9.17, 15) is 8.78 Å². The van der Waals surface area contributed by atoms with Crippen LogP contribution in [0.4, 0.5) is 8.78 Å². The lowest BCUT2D eigenvalue weighted by Gasteiger charge is -2.22. The van der Waals surface area contributed by atoms with E-state index in [1.165, 1.54) is 18.2 Å². The molecule has 17 heavy (non-hydrogen) atoms. The predicted molar refractivity (Wildman–Crippen MR) is 66.1 cm³/mol. The first kappa shape index (κ1) is 12.8. The van der Waals surface area contributed by atoms with Crippen LogP contribution in [0.2, 0.25) is 5.02 Å². The Morgan fingerprint density at radius 2 is 1.88 bits per heavy atom. The molecule has 0 atom stereocenters. The molecular weight excluding hydrogens is 267 g/mol. The van der Waals surface area contributed by atoms with Crippen molar-refractivity contribution in [1.29, 1.82) is 0 Å². The summed E-state index contributed by atoms with van der Waals surface area (Å²) in [6, 6.07) is 3.89. The summed E-state index contributed by atoms with van der Waals surface area (Å²) in [6.45, 7) is 1.25. The second-order valence-corrected chi connectivity index (χ2v) is 4.84. The number of benzene rings is 1. The van der Waals surface area contributed by atoms with Gasteiger partial charge in [0.15, 0.2) is 0 Å². The van der Waals surface area contributed by atoms with Crippen molar-refractivity contribution in [3.05, 3.63) is 40.2 Å². The number of hydrogen-bond donors (Lipinski definition) is 0. The van der Waals surface area contributed by atoms with Gasteiger partial charge in [-0.05, 0) is 48.4 Å². The Labute approximate surface area is 109 Å². The molecule has 1 nitrogen and oxygen atoms in total. The van der Waals surface area contributed by atoms with Crippen LogP contribution in [0, 0.1) is 5.82 Å². The van der Waals surface area contributed by atoms with Gasteiger partial charge < -0.3 is 0 Å². The molecule has 0 radical (unpaired) electrons. The lowest BCUT2D eigenvalue weighted by atomic mass is 10.0. The monoisotopic (exact) mass is 277 g/mol. The number of hydrogen-bond acceptors (Lipinski definition) is 1. The summed E-state index contributed by atoms with van der Waals surface area (Å²) in [5.74, 6) is -0.847. The molecule has 92 valence electrons. The maximum absolute atomic E-state index is 14.1. The molecule has 1 aliphatic rings. The summed E-state index contributed by atoms with van der Waals surface area (Å²) in [5.41, 5.74) is 1.04. The third-order valence-electron chi connectivity index (χ3n) is 2.80. The largest absolute Gasteiger partial charge is 0.220 e. The zero-order valence-corrected chi connectivity index (χ0v) is 10.5. The summed E-state index contributed by atoms with van der Waals surface area (Å²) < 4.78 is 28.7. The summed E-state index contributed by atoms with van der Waals surface area (Å²) >= 11 is 11.4. The molecule has 0 saturated carbocycles. The van der Waals surface area contributed by atoms with Gasteiger partial charge in [-0.3, -0.25) is 0 Å². The smallest absolute Gasteiger partial charge is 0.141 e. The van der Waals surface area contributed by atoms with E-state index in [1.54, 1.807) is 4.42 Å². The second kappa shape index (κ2) is 5.34. The topological polar surface area (TPSA) is 3.24 Å². The Bertz CT molecular complexity index is 450.